The van der Waals surface area contributed by atoms with Gasteiger partial charge in [-0.2, -0.15) is 4.31 Å². The Morgan fingerprint density at radius 1 is 1.25 bits per heavy atom. The zero-order valence-electron chi connectivity index (χ0n) is 13.4. The summed E-state index contributed by atoms with van der Waals surface area (Å²) in [7, 11) is -0.854. The molecule has 3 rings (SSSR count). The number of benzene rings is 1. The van der Waals surface area contributed by atoms with Crippen LogP contribution in [-0.2, 0) is 23.0 Å². The zero-order chi connectivity index (χ0) is 17.3. The molecule has 9 heteroatoms. The number of aromatic nitrogens is 2. The molecule has 8 nitrogen and oxygen atoms in total. The molecule has 2 N–H and O–H groups in total. The fourth-order valence-corrected chi connectivity index (χ4v) is 4.20. The van der Waals surface area contributed by atoms with Crippen LogP contribution in [0.4, 0.5) is 5.95 Å². The second-order valence-electron chi connectivity index (χ2n) is 5.31. The van der Waals surface area contributed by atoms with Crippen LogP contribution in [0.1, 0.15) is 11.3 Å². The van der Waals surface area contributed by atoms with E-state index in [1.165, 1.54) is 24.6 Å². The number of methoxy groups -OCH3 is 2. The highest BCUT2D eigenvalue weighted by Crippen LogP contribution is 2.32. The van der Waals surface area contributed by atoms with E-state index in [9.17, 15) is 8.42 Å². The first kappa shape index (κ1) is 16.5. The van der Waals surface area contributed by atoms with E-state index < -0.39 is 10.0 Å². The van der Waals surface area contributed by atoms with Crippen LogP contribution in [0.15, 0.2) is 29.3 Å². The summed E-state index contributed by atoms with van der Waals surface area (Å²) in [5.41, 5.74) is 7.14. The molecule has 2 heterocycles. The van der Waals surface area contributed by atoms with Gasteiger partial charge in [-0.3, -0.25) is 0 Å². The first-order valence-corrected chi connectivity index (χ1v) is 8.72. The van der Waals surface area contributed by atoms with Crippen molar-refractivity contribution in [2.45, 2.75) is 17.9 Å². The first-order chi connectivity index (χ1) is 11.5. The minimum Gasteiger partial charge on any atom is -0.497 e. The predicted molar refractivity (Wildman–Crippen MR) is 87.3 cm³/mol. The number of nitrogen functional groups attached to an aromatic ring is 1. The molecule has 2 aromatic rings. The van der Waals surface area contributed by atoms with Crippen molar-refractivity contribution in [3.05, 3.63) is 35.7 Å². The third kappa shape index (κ3) is 2.87. The number of nitrogens with zero attached hydrogens (tertiary/aromatic N) is 3. The van der Waals surface area contributed by atoms with Crippen molar-refractivity contribution in [1.82, 2.24) is 14.3 Å². The molecule has 0 radical (unpaired) electrons. The zero-order valence-corrected chi connectivity index (χ0v) is 14.2. The van der Waals surface area contributed by atoms with Crippen LogP contribution in [-0.4, -0.2) is 43.5 Å². The molecule has 0 bridgehead atoms. The van der Waals surface area contributed by atoms with Crippen LogP contribution in [0.3, 0.4) is 0 Å². The highest BCUT2D eigenvalue weighted by atomic mass is 32.2. The van der Waals surface area contributed by atoms with E-state index in [1.54, 1.807) is 18.3 Å². The van der Waals surface area contributed by atoms with Gasteiger partial charge in [0.05, 0.1) is 26.5 Å². The van der Waals surface area contributed by atoms with Gasteiger partial charge in [0.1, 0.15) is 16.4 Å². The number of rotatable bonds is 4. The minimum absolute atomic E-state index is 0.0647. The van der Waals surface area contributed by atoms with Gasteiger partial charge in [0.2, 0.25) is 16.0 Å². The maximum absolute atomic E-state index is 13.0. The van der Waals surface area contributed by atoms with E-state index in [1.807, 2.05) is 0 Å². The molecule has 0 atom stereocenters. The second-order valence-corrected chi connectivity index (χ2v) is 7.21. The molecule has 1 aromatic carbocycles. The Balaban J connectivity index is 2.00. The standard InChI is InChI=1S/C15H18N4O4S/c1-22-11-3-4-13(23-2)14(7-11)24(20,21)19-6-5-10-8-17-15(16)18-12(10)9-19/h3-4,7-8H,5-6,9H2,1-2H3,(H2,16,17,18). The molecule has 0 unspecified atom stereocenters. The van der Waals surface area contributed by atoms with Crippen LogP contribution in [0.25, 0.3) is 0 Å². The molecule has 0 spiro atoms. The Hall–Kier alpha value is -2.39. The molecular weight excluding hydrogens is 332 g/mol. The molecule has 24 heavy (non-hydrogen) atoms. The fraction of sp³-hybridized carbons (Fsp3) is 0.333. The predicted octanol–water partition coefficient (Wildman–Crippen LogP) is 0.823. The van der Waals surface area contributed by atoms with Gasteiger partial charge >= 0.3 is 0 Å². The van der Waals surface area contributed by atoms with E-state index in [4.69, 9.17) is 15.2 Å². The fourth-order valence-electron chi connectivity index (χ4n) is 2.62. The lowest BCUT2D eigenvalue weighted by Crippen LogP contribution is -2.36. The average Bonchev–Trinajstić information content (AvgIpc) is 2.60. The van der Waals surface area contributed by atoms with Gasteiger partial charge in [-0.05, 0) is 24.1 Å². The highest BCUT2D eigenvalue weighted by molar-refractivity contribution is 7.89. The van der Waals surface area contributed by atoms with Crippen LogP contribution in [0, 0.1) is 0 Å². The van der Waals surface area contributed by atoms with E-state index in [-0.39, 0.29) is 23.1 Å². The number of hydrogen-bond donors (Lipinski definition) is 1. The molecule has 0 saturated heterocycles. The van der Waals surface area contributed by atoms with E-state index in [0.717, 1.165) is 5.56 Å². The number of hydrogen-bond acceptors (Lipinski definition) is 7. The number of fused-ring (bicyclic) bond motifs is 1. The quantitative estimate of drug-likeness (QED) is 0.870. The third-order valence-corrected chi connectivity index (χ3v) is 5.78. The second kappa shape index (κ2) is 6.25. The van der Waals surface area contributed by atoms with Crippen LogP contribution >= 0.6 is 0 Å². The summed E-state index contributed by atoms with van der Waals surface area (Å²) in [6.07, 6.45) is 2.18. The van der Waals surface area contributed by atoms with Gasteiger partial charge in [0.15, 0.2) is 0 Å². The maximum Gasteiger partial charge on any atom is 0.247 e. The Morgan fingerprint density at radius 2 is 2.04 bits per heavy atom. The summed E-state index contributed by atoms with van der Waals surface area (Å²) < 4.78 is 37.8. The molecule has 0 fully saturated rings. The maximum atomic E-state index is 13.0. The number of sulfonamides is 1. The molecular formula is C15H18N4O4S. The molecule has 1 aliphatic heterocycles. The Bertz CT molecular complexity index is 870. The van der Waals surface area contributed by atoms with E-state index >= 15 is 0 Å². The SMILES string of the molecule is COc1ccc(OC)c(S(=O)(=O)N2CCc3cnc(N)nc3C2)c1. The van der Waals surface area contributed by atoms with Crippen molar-refractivity contribution in [2.24, 2.45) is 0 Å². The van der Waals surface area contributed by atoms with Crippen molar-refractivity contribution < 1.29 is 17.9 Å². The number of nitrogens with two attached hydrogens (primary N) is 1. The lowest BCUT2D eigenvalue weighted by Gasteiger charge is -2.27. The molecule has 128 valence electrons. The van der Waals surface area contributed by atoms with Gasteiger partial charge in [-0.1, -0.05) is 0 Å². The van der Waals surface area contributed by atoms with Crippen molar-refractivity contribution in [3.63, 3.8) is 0 Å². The molecule has 0 saturated carbocycles. The lowest BCUT2D eigenvalue weighted by molar-refractivity contribution is 0.370. The Labute approximate surface area is 140 Å². The summed E-state index contributed by atoms with van der Waals surface area (Å²) in [4.78, 5) is 8.17. The minimum atomic E-state index is -3.77. The smallest absolute Gasteiger partial charge is 0.247 e. The van der Waals surface area contributed by atoms with Crippen molar-refractivity contribution >= 4 is 16.0 Å². The Morgan fingerprint density at radius 3 is 2.75 bits per heavy atom. The van der Waals surface area contributed by atoms with Gasteiger partial charge in [-0.15, -0.1) is 0 Å². The van der Waals surface area contributed by atoms with Crippen LogP contribution < -0.4 is 15.2 Å². The highest BCUT2D eigenvalue weighted by Gasteiger charge is 2.32. The lowest BCUT2D eigenvalue weighted by atomic mass is 10.1. The van der Waals surface area contributed by atoms with Gasteiger partial charge < -0.3 is 15.2 Å². The van der Waals surface area contributed by atoms with Crippen LogP contribution in [0.5, 0.6) is 11.5 Å². The van der Waals surface area contributed by atoms with E-state index in [2.05, 4.69) is 9.97 Å². The monoisotopic (exact) mass is 350 g/mol. The van der Waals surface area contributed by atoms with Gasteiger partial charge in [0, 0.05) is 18.8 Å². The molecule has 1 aliphatic rings. The molecule has 1 aromatic heterocycles. The summed E-state index contributed by atoms with van der Waals surface area (Å²) in [5.74, 6) is 0.842. The number of anilines is 1. The normalized spacial score (nSPS) is 14.9. The van der Waals surface area contributed by atoms with Crippen molar-refractivity contribution in [2.75, 3.05) is 26.5 Å². The average molecular weight is 350 g/mol. The van der Waals surface area contributed by atoms with Crippen molar-refractivity contribution in [3.8, 4) is 11.5 Å². The summed E-state index contributed by atoms with van der Waals surface area (Å²) in [6, 6.07) is 4.68. The molecule has 0 aliphatic carbocycles. The first-order valence-electron chi connectivity index (χ1n) is 7.28. The van der Waals surface area contributed by atoms with E-state index in [0.29, 0.717) is 24.4 Å². The summed E-state index contributed by atoms with van der Waals surface area (Å²) in [6.45, 7) is 0.480. The van der Waals surface area contributed by atoms with Crippen molar-refractivity contribution in [1.29, 1.82) is 0 Å². The van der Waals surface area contributed by atoms with Gasteiger partial charge in [-0.25, -0.2) is 18.4 Å². The Kier molecular flexibility index (Phi) is 4.29. The largest absolute Gasteiger partial charge is 0.497 e. The van der Waals surface area contributed by atoms with Crippen LogP contribution in [0.2, 0.25) is 0 Å². The van der Waals surface area contributed by atoms with Gasteiger partial charge in [0.25, 0.3) is 0 Å². The molecule has 0 amide bonds. The topological polar surface area (TPSA) is 108 Å². The summed E-state index contributed by atoms with van der Waals surface area (Å²) >= 11 is 0. The number of ether oxygens (including phenoxy) is 2. The third-order valence-electron chi connectivity index (χ3n) is 3.92. The summed E-state index contributed by atoms with van der Waals surface area (Å²) in [5, 5.41) is 0.